The third-order valence-electron chi connectivity index (χ3n) is 1.54. The Morgan fingerprint density at radius 3 is 2.36 bits per heavy atom. The second-order valence-electron chi connectivity index (χ2n) is 2.76. The Hall–Kier alpha value is -0.240. The maximum absolute atomic E-state index is 11.3. The van der Waals surface area contributed by atoms with Gasteiger partial charge in [0.25, 0.3) is 0 Å². The molecule has 0 unspecified atom stereocenters. The highest BCUT2D eigenvalue weighted by Crippen LogP contribution is 2.00. The van der Waals surface area contributed by atoms with Crippen molar-refractivity contribution >= 4 is 17.5 Å². The average Bonchev–Trinajstić information content (AvgIpc) is 1.98. The standard InChI is InChI=1S/C8H16ClNO/c1-4-10(6-5-9)8(11)7(2)3/h7H,4-6H2,1-3H3. The SMILES string of the molecule is CCN(CCCl)C(=O)C(C)C. The molecule has 2 nitrogen and oxygen atoms in total. The van der Waals surface area contributed by atoms with Crippen molar-refractivity contribution < 1.29 is 4.79 Å². The highest BCUT2D eigenvalue weighted by Gasteiger charge is 2.13. The van der Waals surface area contributed by atoms with Gasteiger partial charge in [0.2, 0.25) is 5.91 Å². The lowest BCUT2D eigenvalue weighted by Gasteiger charge is -2.21. The zero-order valence-electron chi connectivity index (χ0n) is 7.43. The van der Waals surface area contributed by atoms with E-state index in [1.165, 1.54) is 0 Å². The van der Waals surface area contributed by atoms with Crippen molar-refractivity contribution in [2.75, 3.05) is 19.0 Å². The molecule has 0 rings (SSSR count). The van der Waals surface area contributed by atoms with Crippen LogP contribution in [0, 0.1) is 5.92 Å². The van der Waals surface area contributed by atoms with Crippen molar-refractivity contribution in [2.24, 2.45) is 5.92 Å². The van der Waals surface area contributed by atoms with E-state index >= 15 is 0 Å². The zero-order chi connectivity index (χ0) is 8.85. The van der Waals surface area contributed by atoms with E-state index < -0.39 is 0 Å². The van der Waals surface area contributed by atoms with E-state index in [0.29, 0.717) is 12.4 Å². The molecular formula is C8H16ClNO. The molecular weight excluding hydrogens is 162 g/mol. The van der Waals surface area contributed by atoms with Crippen molar-refractivity contribution in [3.05, 3.63) is 0 Å². The second-order valence-corrected chi connectivity index (χ2v) is 3.14. The quantitative estimate of drug-likeness (QED) is 0.599. The Balaban J connectivity index is 3.92. The summed E-state index contributed by atoms with van der Waals surface area (Å²) in [5, 5.41) is 0. The van der Waals surface area contributed by atoms with Crippen molar-refractivity contribution in [1.82, 2.24) is 4.90 Å². The van der Waals surface area contributed by atoms with Crippen LogP contribution in [0.4, 0.5) is 0 Å². The number of hydrogen-bond acceptors (Lipinski definition) is 1. The van der Waals surface area contributed by atoms with Crippen LogP contribution >= 0.6 is 11.6 Å². The van der Waals surface area contributed by atoms with E-state index in [1.54, 1.807) is 4.90 Å². The molecule has 0 aromatic heterocycles. The number of nitrogens with zero attached hydrogens (tertiary/aromatic N) is 1. The molecule has 0 heterocycles. The topological polar surface area (TPSA) is 20.3 Å². The van der Waals surface area contributed by atoms with Crippen LogP contribution in [0.5, 0.6) is 0 Å². The molecule has 0 saturated carbocycles. The van der Waals surface area contributed by atoms with Crippen LogP contribution in [0.25, 0.3) is 0 Å². The summed E-state index contributed by atoms with van der Waals surface area (Å²) in [5.41, 5.74) is 0. The first-order chi connectivity index (χ1) is 5.13. The number of amides is 1. The number of rotatable bonds is 4. The van der Waals surface area contributed by atoms with Gasteiger partial charge in [-0.05, 0) is 6.92 Å². The van der Waals surface area contributed by atoms with Crippen LogP contribution in [0.3, 0.4) is 0 Å². The summed E-state index contributed by atoms with van der Waals surface area (Å²) in [5.74, 6) is 0.790. The Labute approximate surface area is 73.5 Å². The van der Waals surface area contributed by atoms with Gasteiger partial charge in [-0.3, -0.25) is 4.79 Å². The number of carbonyl (C=O) groups is 1. The predicted molar refractivity (Wildman–Crippen MR) is 47.8 cm³/mol. The summed E-state index contributed by atoms with van der Waals surface area (Å²) < 4.78 is 0. The fourth-order valence-electron chi connectivity index (χ4n) is 0.891. The smallest absolute Gasteiger partial charge is 0.225 e. The molecule has 0 aliphatic heterocycles. The van der Waals surface area contributed by atoms with E-state index in [1.807, 2.05) is 20.8 Å². The molecule has 0 fully saturated rings. The van der Waals surface area contributed by atoms with Gasteiger partial charge < -0.3 is 4.90 Å². The first kappa shape index (κ1) is 10.8. The summed E-state index contributed by atoms with van der Waals surface area (Å²) in [6.07, 6.45) is 0. The van der Waals surface area contributed by atoms with Crippen LogP contribution < -0.4 is 0 Å². The Morgan fingerprint density at radius 1 is 1.55 bits per heavy atom. The maximum Gasteiger partial charge on any atom is 0.225 e. The first-order valence-corrected chi connectivity index (χ1v) is 4.51. The van der Waals surface area contributed by atoms with Crippen LogP contribution in [-0.4, -0.2) is 29.8 Å². The van der Waals surface area contributed by atoms with Crippen molar-refractivity contribution in [1.29, 1.82) is 0 Å². The molecule has 11 heavy (non-hydrogen) atoms. The number of hydrogen-bond donors (Lipinski definition) is 0. The molecule has 0 N–H and O–H groups in total. The summed E-state index contributed by atoms with van der Waals surface area (Å²) in [7, 11) is 0. The molecule has 1 amide bonds. The Bertz CT molecular complexity index is 125. The van der Waals surface area contributed by atoms with E-state index in [0.717, 1.165) is 6.54 Å². The minimum Gasteiger partial charge on any atom is -0.342 e. The molecule has 0 bridgehead atoms. The van der Waals surface area contributed by atoms with Gasteiger partial charge in [0, 0.05) is 24.9 Å². The summed E-state index contributed by atoms with van der Waals surface area (Å²) in [6, 6.07) is 0. The fourth-order valence-corrected chi connectivity index (χ4v) is 1.10. The molecule has 0 atom stereocenters. The largest absolute Gasteiger partial charge is 0.342 e. The zero-order valence-corrected chi connectivity index (χ0v) is 8.19. The number of alkyl halides is 1. The highest BCUT2D eigenvalue weighted by atomic mass is 35.5. The lowest BCUT2D eigenvalue weighted by Crippen LogP contribution is -2.35. The molecule has 0 spiro atoms. The van der Waals surface area contributed by atoms with Gasteiger partial charge in [-0.25, -0.2) is 0 Å². The molecule has 0 aliphatic rings. The van der Waals surface area contributed by atoms with Crippen LogP contribution in [0.15, 0.2) is 0 Å². The minimum absolute atomic E-state index is 0.0816. The van der Waals surface area contributed by atoms with Crippen molar-refractivity contribution in [3.63, 3.8) is 0 Å². The van der Waals surface area contributed by atoms with Gasteiger partial charge in [0.15, 0.2) is 0 Å². The predicted octanol–water partition coefficient (Wildman–Crippen LogP) is 1.73. The maximum atomic E-state index is 11.3. The normalized spacial score (nSPS) is 10.3. The minimum atomic E-state index is 0.0816. The summed E-state index contributed by atoms with van der Waals surface area (Å²) in [4.78, 5) is 13.1. The number of carbonyl (C=O) groups excluding carboxylic acids is 1. The molecule has 66 valence electrons. The van der Waals surface area contributed by atoms with Gasteiger partial charge in [0.05, 0.1) is 0 Å². The van der Waals surface area contributed by atoms with Crippen molar-refractivity contribution in [2.45, 2.75) is 20.8 Å². The highest BCUT2D eigenvalue weighted by molar-refractivity contribution is 6.18. The summed E-state index contributed by atoms with van der Waals surface area (Å²) in [6.45, 7) is 7.18. The third-order valence-corrected chi connectivity index (χ3v) is 1.71. The Kier molecular flexibility index (Phi) is 5.30. The third kappa shape index (κ3) is 3.61. The van der Waals surface area contributed by atoms with Crippen molar-refractivity contribution in [3.8, 4) is 0 Å². The lowest BCUT2D eigenvalue weighted by molar-refractivity contribution is -0.133. The first-order valence-electron chi connectivity index (χ1n) is 3.98. The second kappa shape index (κ2) is 5.42. The molecule has 3 heteroatoms. The van der Waals surface area contributed by atoms with Gasteiger partial charge in [-0.1, -0.05) is 13.8 Å². The van der Waals surface area contributed by atoms with E-state index in [-0.39, 0.29) is 11.8 Å². The number of halogens is 1. The Morgan fingerprint density at radius 2 is 2.09 bits per heavy atom. The van der Waals surface area contributed by atoms with E-state index in [9.17, 15) is 4.79 Å². The molecule has 0 aromatic carbocycles. The van der Waals surface area contributed by atoms with Gasteiger partial charge >= 0.3 is 0 Å². The van der Waals surface area contributed by atoms with E-state index in [4.69, 9.17) is 11.6 Å². The van der Waals surface area contributed by atoms with Crippen LogP contribution in [0.1, 0.15) is 20.8 Å². The van der Waals surface area contributed by atoms with Crippen LogP contribution in [0.2, 0.25) is 0 Å². The molecule has 0 saturated heterocycles. The molecule has 0 radical (unpaired) electrons. The molecule has 0 aliphatic carbocycles. The lowest BCUT2D eigenvalue weighted by atomic mass is 10.2. The summed E-state index contributed by atoms with van der Waals surface area (Å²) >= 11 is 5.53. The van der Waals surface area contributed by atoms with Gasteiger partial charge in [-0.2, -0.15) is 0 Å². The van der Waals surface area contributed by atoms with Gasteiger partial charge in [-0.15, -0.1) is 11.6 Å². The van der Waals surface area contributed by atoms with Gasteiger partial charge in [0.1, 0.15) is 0 Å². The van der Waals surface area contributed by atoms with Crippen LogP contribution in [-0.2, 0) is 4.79 Å². The van der Waals surface area contributed by atoms with E-state index in [2.05, 4.69) is 0 Å². The fraction of sp³-hybridized carbons (Fsp3) is 0.875. The molecule has 0 aromatic rings. The average molecular weight is 178 g/mol. The monoisotopic (exact) mass is 177 g/mol.